The van der Waals surface area contributed by atoms with Crippen molar-refractivity contribution in [2.24, 2.45) is 28.6 Å². The van der Waals surface area contributed by atoms with Crippen LogP contribution in [-0.2, 0) is 28.6 Å². The van der Waals surface area contributed by atoms with Gasteiger partial charge in [0.15, 0.2) is 11.5 Å². The quantitative estimate of drug-likeness (QED) is 0.416. The number of fused-ring (bicyclic) bond motifs is 1. The lowest BCUT2D eigenvalue weighted by atomic mass is 9.74. The normalized spacial score (nSPS) is 31.6. The number of alkyl halides is 3. The van der Waals surface area contributed by atoms with Crippen LogP contribution in [0, 0.1) is 39.9 Å². The highest BCUT2D eigenvalue weighted by atomic mass is 19.4. The zero-order valence-corrected chi connectivity index (χ0v) is 19.8. The number of hydrogen-bond donors (Lipinski definition) is 0. The van der Waals surface area contributed by atoms with Gasteiger partial charge in [0.2, 0.25) is 0 Å². The average molecular weight is 476 g/mol. The van der Waals surface area contributed by atoms with Crippen LogP contribution < -0.4 is 0 Å². The van der Waals surface area contributed by atoms with Crippen molar-refractivity contribution in [1.29, 1.82) is 5.26 Å². The molecule has 7 unspecified atom stereocenters. The molecule has 1 aliphatic heterocycles. The Morgan fingerprint density at radius 1 is 1.27 bits per heavy atom. The van der Waals surface area contributed by atoms with Crippen molar-refractivity contribution in [2.75, 3.05) is 0 Å². The molecule has 3 aliphatic rings. The molecule has 0 spiro atoms. The molecule has 1 saturated heterocycles. The van der Waals surface area contributed by atoms with Gasteiger partial charge in [-0.2, -0.15) is 18.4 Å². The van der Waals surface area contributed by atoms with E-state index < -0.39 is 41.2 Å². The highest BCUT2D eigenvalue weighted by Crippen LogP contribution is 2.62. The summed E-state index contributed by atoms with van der Waals surface area (Å²) in [5, 5.41) is 9.27. The van der Waals surface area contributed by atoms with Crippen molar-refractivity contribution in [3.05, 3.63) is 0 Å². The Labute approximate surface area is 191 Å². The Hall–Kier alpha value is -2.31. The summed E-state index contributed by atoms with van der Waals surface area (Å²) < 4.78 is 51.2. The summed E-state index contributed by atoms with van der Waals surface area (Å²) in [6.45, 7) is 9.42. The third-order valence-corrected chi connectivity index (χ3v) is 7.21. The van der Waals surface area contributed by atoms with Gasteiger partial charge in [0, 0.05) is 11.8 Å². The van der Waals surface area contributed by atoms with Crippen LogP contribution in [0.3, 0.4) is 0 Å². The molecule has 3 rings (SSSR count). The van der Waals surface area contributed by atoms with Crippen LogP contribution in [0.25, 0.3) is 0 Å². The molecular weight excluding hydrogens is 443 g/mol. The number of hydrogen-bond acceptors (Lipinski definition) is 7. The van der Waals surface area contributed by atoms with Crippen LogP contribution in [0.5, 0.6) is 0 Å². The van der Waals surface area contributed by atoms with Crippen LogP contribution in [0.1, 0.15) is 67.2 Å². The summed E-state index contributed by atoms with van der Waals surface area (Å²) in [5.74, 6) is -1.61. The molecule has 2 saturated carbocycles. The molecule has 2 bridgehead atoms. The van der Waals surface area contributed by atoms with Gasteiger partial charge >= 0.3 is 24.1 Å². The number of nitriles is 1. The van der Waals surface area contributed by atoms with Gasteiger partial charge in [0.1, 0.15) is 12.2 Å². The Balaban J connectivity index is 0.000000248. The number of carbonyl (C=O) groups is 3. The van der Waals surface area contributed by atoms with Crippen molar-refractivity contribution in [1.82, 2.24) is 0 Å². The van der Waals surface area contributed by atoms with Crippen molar-refractivity contribution < 1.29 is 41.8 Å². The van der Waals surface area contributed by atoms with E-state index in [-0.39, 0.29) is 29.8 Å². The highest BCUT2D eigenvalue weighted by Gasteiger charge is 2.72. The third kappa shape index (κ3) is 5.12. The van der Waals surface area contributed by atoms with E-state index in [4.69, 9.17) is 9.47 Å². The Morgan fingerprint density at radius 2 is 1.88 bits per heavy atom. The van der Waals surface area contributed by atoms with E-state index in [0.717, 1.165) is 19.8 Å². The summed E-state index contributed by atoms with van der Waals surface area (Å²) in [6, 6.07) is 2.14. The number of nitrogens with zero attached hydrogens (tertiary/aromatic N) is 1. The summed E-state index contributed by atoms with van der Waals surface area (Å²) in [5.41, 5.74) is -1.83. The molecule has 1 heterocycles. The molecule has 186 valence electrons. The molecule has 0 aromatic heterocycles. The Bertz CT molecular complexity index is 820. The topological polar surface area (TPSA) is 103 Å². The van der Waals surface area contributed by atoms with Crippen LogP contribution in [-0.4, -0.2) is 42.4 Å². The second-order valence-corrected chi connectivity index (χ2v) is 9.80. The SMILES string of the molecule is CCC(C)(C)C(=O)OC(C)C(F)(F)F.CCC(C)C(=O)OC1C2CC3C1OC(=O)C3(C#N)C2. The third-order valence-electron chi connectivity index (χ3n) is 7.21. The molecule has 0 amide bonds. The van der Waals surface area contributed by atoms with Crippen LogP contribution in [0.4, 0.5) is 13.2 Å². The van der Waals surface area contributed by atoms with E-state index >= 15 is 0 Å². The lowest BCUT2D eigenvalue weighted by Crippen LogP contribution is -2.40. The maximum absolute atomic E-state index is 12.0. The Morgan fingerprint density at radius 3 is 2.36 bits per heavy atom. The maximum Gasteiger partial charge on any atom is 0.425 e. The first-order valence-corrected chi connectivity index (χ1v) is 11.2. The van der Waals surface area contributed by atoms with Gasteiger partial charge in [0.25, 0.3) is 0 Å². The van der Waals surface area contributed by atoms with Gasteiger partial charge in [-0.25, -0.2) is 0 Å². The Kier molecular flexibility index (Phi) is 7.76. The van der Waals surface area contributed by atoms with Crippen molar-refractivity contribution in [3.63, 3.8) is 0 Å². The van der Waals surface area contributed by atoms with E-state index in [1.807, 2.05) is 13.8 Å². The van der Waals surface area contributed by atoms with Gasteiger partial charge in [-0.15, -0.1) is 0 Å². The first kappa shape index (κ1) is 26.9. The standard InChI is InChI=1S/C14H17NO4.C9H15F3O2/c1-3-7(2)12(16)18-10-8-4-9-11(10)19-13(17)14(9,5-8)6-15;1-5-8(3,4)7(13)14-6(2)9(10,11)12/h7-11H,3-5H2,1-2H3;6H,5H2,1-4H3. The number of esters is 3. The molecule has 0 N–H and O–H groups in total. The van der Waals surface area contributed by atoms with Crippen molar-refractivity contribution in [2.45, 2.75) is 91.7 Å². The smallest absolute Gasteiger partial charge is 0.425 e. The second kappa shape index (κ2) is 9.51. The summed E-state index contributed by atoms with van der Waals surface area (Å²) in [7, 11) is 0. The summed E-state index contributed by atoms with van der Waals surface area (Å²) in [6.07, 6.45) is -4.88. The molecule has 2 aliphatic carbocycles. The largest absolute Gasteiger partial charge is 0.458 e. The molecule has 7 nitrogen and oxygen atoms in total. The zero-order valence-electron chi connectivity index (χ0n) is 19.8. The molecule has 7 atom stereocenters. The molecule has 3 fully saturated rings. The highest BCUT2D eigenvalue weighted by molar-refractivity contribution is 5.84. The maximum atomic E-state index is 12.0. The molecule has 0 aromatic carbocycles. The lowest BCUT2D eigenvalue weighted by molar-refractivity contribution is -0.221. The van der Waals surface area contributed by atoms with Crippen LogP contribution in [0.2, 0.25) is 0 Å². The van der Waals surface area contributed by atoms with Gasteiger partial charge in [-0.05, 0) is 46.5 Å². The molecular formula is C23H32F3NO6. The van der Waals surface area contributed by atoms with E-state index in [2.05, 4.69) is 10.8 Å². The minimum Gasteiger partial charge on any atom is -0.458 e. The average Bonchev–Trinajstić information content (AvgIpc) is 3.34. The molecule has 0 radical (unpaired) electrons. The van der Waals surface area contributed by atoms with Gasteiger partial charge in [-0.3, -0.25) is 14.4 Å². The number of rotatable bonds is 6. The van der Waals surface area contributed by atoms with E-state index in [9.17, 15) is 32.8 Å². The number of carbonyl (C=O) groups excluding carboxylic acids is 3. The van der Waals surface area contributed by atoms with Crippen molar-refractivity contribution >= 4 is 17.9 Å². The fourth-order valence-corrected chi connectivity index (χ4v) is 4.24. The van der Waals surface area contributed by atoms with Gasteiger partial charge in [0.05, 0.1) is 17.4 Å². The predicted octanol–water partition coefficient (Wildman–Crippen LogP) is 4.34. The number of halogens is 3. The fraction of sp³-hybridized carbons (Fsp3) is 0.826. The molecule has 0 aromatic rings. The van der Waals surface area contributed by atoms with E-state index in [1.165, 1.54) is 0 Å². The van der Waals surface area contributed by atoms with Gasteiger partial charge in [-0.1, -0.05) is 20.8 Å². The minimum atomic E-state index is -4.49. The first-order valence-electron chi connectivity index (χ1n) is 11.2. The first-order chi connectivity index (χ1) is 15.1. The summed E-state index contributed by atoms with van der Waals surface area (Å²) >= 11 is 0. The monoisotopic (exact) mass is 475 g/mol. The number of ether oxygens (including phenoxy) is 3. The van der Waals surface area contributed by atoms with Crippen LogP contribution in [0.15, 0.2) is 0 Å². The molecule has 10 heteroatoms. The fourth-order valence-electron chi connectivity index (χ4n) is 4.24. The van der Waals surface area contributed by atoms with E-state index in [0.29, 0.717) is 12.8 Å². The van der Waals surface area contributed by atoms with Gasteiger partial charge < -0.3 is 14.2 Å². The lowest BCUT2D eigenvalue weighted by Gasteiger charge is -2.28. The van der Waals surface area contributed by atoms with Crippen LogP contribution >= 0.6 is 0 Å². The zero-order chi connectivity index (χ0) is 25.4. The summed E-state index contributed by atoms with van der Waals surface area (Å²) in [4.78, 5) is 35.0. The van der Waals surface area contributed by atoms with E-state index in [1.54, 1.807) is 20.8 Å². The second-order valence-electron chi connectivity index (χ2n) is 9.80. The molecule has 33 heavy (non-hydrogen) atoms. The minimum absolute atomic E-state index is 0.0918. The van der Waals surface area contributed by atoms with Crippen molar-refractivity contribution in [3.8, 4) is 6.07 Å². The predicted molar refractivity (Wildman–Crippen MR) is 109 cm³/mol.